The van der Waals surface area contributed by atoms with Crippen LogP contribution >= 0.6 is 0 Å². The monoisotopic (exact) mass is 156 g/mol. The molecule has 64 valence electrons. The van der Waals surface area contributed by atoms with E-state index in [-0.39, 0.29) is 17.4 Å². The Bertz CT molecular complexity index is 196. The molecule has 11 heavy (non-hydrogen) atoms. The van der Waals surface area contributed by atoms with Crippen LogP contribution in [0.2, 0.25) is 0 Å². The van der Waals surface area contributed by atoms with Crippen molar-refractivity contribution in [3.63, 3.8) is 0 Å². The summed E-state index contributed by atoms with van der Waals surface area (Å²) in [7, 11) is 0. The minimum absolute atomic E-state index is 0.0995. The molecule has 0 aliphatic carbocycles. The normalized spacial score (nSPS) is 34.3. The van der Waals surface area contributed by atoms with Crippen molar-refractivity contribution in [2.24, 2.45) is 5.73 Å². The molecule has 0 radical (unpaired) electrons. The number of nitrogens with one attached hydrogen (secondary N) is 1. The molecule has 3 nitrogen and oxygen atoms in total. The summed E-state index contributed by atoms with van der Waals surface area (Å²) in [6.45, 7) is 7.63. The lowest BCUT2D eigenvalue weighted by atomic mass is 9.94. The fourth-order valence-corrected chi connectivity index (χ4v) is 1.66. The molecule has 0 spiro atoms. The molecule has 1 saturated heterocycles. The van der Waals surface area contributed by atoms with Gasteiger partial charge in [-0.2, -0.15) is 0 Å². The van der Waals surface area contributed by atoms with Crippen LogP contribution < -0.4 is 11.1 Å². The number of hydrogen-bond donors (Lipinski definition) is 2. The van der Waals surface area contributed by atoms with Crippen molar-refractivity contribution in [2.75, 3.05) is 0 Å². The molecule has 0 saturated carbocycles. The van der Waals surface area contributed by atoms with E-state index in [0.29, 0.717) is 0 Å². The highest BCUT2D eigenvalue weighted by Crippen LogP contribution is 2.25. The Morgan fingerprint density at radius 1 is 1.36 bits per heavy atom. The molecule has 1 atom stereocenters. The Balaban J connectivity index is 2.96. The van der Waals surface area contributed by atoms with Crippen LogP contribution in [0.1, 0.15) is 27.7 Å². The Morgan fingerprint density at radius 3 is 1.91 bits per heavy atom. The third-order valence-corrected chi connectivity index (χ3v) is 2.31. The highest BCUT2D eigenvalue weighted by molar-refractivity contribution is 5.95. The van der Waals surface area contributed by atoms with E-state index in [1.165, 1.54) is 0 Å². The van der Waals surface area contributed by atoms with E-state index in [2.05, 4.69) is 5.32 Å². The molecule has 1 rings (SSSR count). The van der Waals surface area contributed by atoms with Crippen LogP contribution in [0, 0.1) is 0 Å². The van der Waals surface area contributed by atoms with Crippen molar-refractivity contribution in [1.29, 1.82) is 0 Å². The number of carbonyl (C=O) groups is 1. The van der Waals surface area contributed by atoms with Gasteiger partial charge < -0.3 is 5.73 Å². The summed E-state index contributed by atoms with van der Waals surface area (Å²) in [4.78, 5) is 11.5. The number of carbonyl (C=O) groups excluding carboxylic acids is 1. The average molecular weight is 156 g/mol. The molecule has 1 heterocycles. The van der Waals surface area contributed by atoms with Crippen molar-refractivity contribution in [3.8, 4) is 0 Å². The van der Waals surface area contributed by atoms with E-state index in [4.69, 9.17) is 5.73 Å². The van der Waals surface area contributed by atoms with Gasteiger partial charge in [-0.1, -0.05) is 0 Å². The first-order chi connectivity index (χ1) is 4.77. The smallest absolute Gasteiger partial charge is 0.170 e. The molecule has 3 N–H and O–H groups in total. The highest BCUT2D eigenvalue weighted by Gasteiger charge is 2.49. The van der Waals surface area contributed by atoms with Gasteiger partial charge in [-0.3, -0.25) is 10.1 Å². The standard InChI is InChI=1S/C8H16N2O/c1-7(2)5(9)6(11)8(3,4)10-7/h5,10H,9H2,1-4H3. The van der Waals surface area contributed by atoms with E-state index < -0.39 is 5.54 Å². The molecule has 0 amide bonds. The van der Waals surface area contributed by atoms with Crippen molar-refractivity contribution >= 4 is 5.78 Å². The minimum atomic E-state index is -0.455. The molecule has 1 fully saturated rings. The van der Waals surface area contributed by atoms with Gasteiger partial charge in [-0.05, 0) is 27.7 Å². The van der Waals surface area contributed by atoms with Crippen LogP contribution in [0.15, 0.2) is 0 Å². The average Bonchev–Trinajstić information content (AvgIpc) is 1.91. The lowest BCUT2D eigenvalue weighted by molar-refractivity contribution is -0.122. The first-order valence-electron chi connectivity index (χ1n) is 3.86. The van der Waals surface area contributed by atoms with Gasteiger partial charge in [0.2, 0.25) is 0 Å². The van der Waals surface area contributed by atoms with E-state index >= 15 is 0 Å². The van der Waals surface area contributed by atoms with Gasteiger partial charge in [0, 0.05) is 5.54 Å². The van der Waals surface area contributed by atoms with Crippen molar-refractivity contribution in [1.82, 2.24) is 5.32 Å². The van der Waals surface area contributed by atoms with E-state index in [1.807, 2.05) is 27.7 Å². The second kappa shape index (κ2) is 2.05. The highest BCUT2D eigenvalue weighted by atomic mass is 16.1. The molecule has 1 unspecified atom stereocenters. The van der Waals surface area contributed by atoms with Gasteiger partial charge in [-0.25, -0.2) is 0 Å². The molecule has 0 aromatic heterocycles. The largest absolute Gasteiger partial charge is 0.320 e. The van der Waals surface area contributed by atoms with Gasteiger partial charge >= 0.3 is 0 Å². The maximum absolute atomic E-state index is 11.5. The fourth-order valence-electron chi connectivity index (χ4n) is 1.66. The molecule has 1 aliphatic rings. The summed E-state index contributed by atoms with van der Waals surface area (Å²) >= 11 is 0. The summed E-state index contributed by atoms with van der Waals surface area (Å²) in [6.07, 6.45) is 0. The number of Topliss-reactive ketones (excluding diaryl/α,β-unsaturated/α-hetero) is 1. The lowest BCUT2D eigenvalue weighted by Gasteiger charge is -2.24. The summed E-state index contributed by atoms with van der Waals surface area (Å²) in [5, 5.41) is 3.19. The Labute approximate surface area is 67.3 Å². The second-order valence-corrected chi connectivity index (χ2v) is 4.31. The van der Waals surface area contributed by atoms with Gasteiger partial charge in [0.05, 0.1) is 11.6 Å². The van der Waals surface area contributed by atoms with Gasteiger partial charge in [-0.15, -0.1) is 0 Å². The Morgan fingerprint density at radius 2 is 1.82 bits per heavy atom. The molecule has 1 aliphatic heterocycles. The van der Waals surface area contributed by atoms with Crippen LogP contribution in [0.4, 0.5) is 0 Å². The lowest BCUT2D eigenvalue weighted by Crippen LogP contribution is -2.49. The van der Waals surface area contributed by atoms with Crippen LogP contribution in [-0.4, -0.2) is 22.9 Å². The number of rotatable bonds is 0. The third kappa shape index (κ3) is 1.19. The molecular weight excluding hydrogens is 140 g/mol. The molecule has 0 aromatic carbocycles. The zero-order valence-electron chi connectivity index (χ0n) is 7.56. The summed E-state index contributed by atoms with van der Waals surface area (Å²) < 4.78 is 0. The predicted molar refractivity (Wildman–Crippen MR) is 44.3 cm³/mol. The third-order valence-electron chi connectivity index (χ3n) is 2.31. The number of ketones is 1. The van der Waals surface area contributed by atoms with Crippen LogP contribution in [0.3, 0.4) is 0 Å². The first kappa shape index (κ1) is 8.68. The van der Waals surface area contributed by atoms with Crippen molar-refractivity contribution in [3.05, 3.63) is 0 Å². The van der Waals surface area contributed by atoms with Crippen LogP contribution in [-0.2, 0) is 4.79 Å². The number of hydrogen-bond acceptors (Lipinski definition) is 3. The number of nitrogens with two attached hydrogens (primary N) is 1. The van der Waals surface area contributed by atoms with Crippen molar-refractivity contribution < 1.29 is 4.79 Å². The first-order valence-corrected chi connectivity index (χ1v) is 3.86. The topological polar surface area (TPSA) is 55.1 Å². The van der Waals surface area contributed by atoms with Crippen molar-refractivity contribution in [2.45, 2.75) is 44.8 Å². The maximum atomic E-state index is 11.5. The Kier molecular flexibility index (Phi) is 1.62. The molecule has 3 heteroatoms. The van der Waals surface area contributed by atoms with E-state index in [0.717, 1.165) is 0 Å². The zero-order chi connectivity index (χ0) is 8.86. The van der Waals surface area contributed by atoms with Gasteiger partial charge in [0.1, 0.15) is 0 Å². The predicted octanol–water partition coefficient (Wildman–Crippen LogP) is 0.0432. The van der Waals surface area contributed by atoms with Gasteiger partial charge in [0.25, 0.3) is 0 Å². The summed E-state index contributed by atoms with van der Waals surface area (Å²) in [5.74, 6) is 0.0995. The van der Waals surface area contributed by atoms with E-state index in [9.17, 15) is 4.79 Å². The van der Waals surface area contributed by atoms with E-state index in [1.54, 1.807) is 0 Å². The van der Waals surface area contributed by atoms with Gasteiger partial charge in [0.15, 0.2) is 5.78 Å². The fraction of sp³-hybridized carbons (Fsp3) is 0.875. The minimum Gasteiger partial charge on any atom is -0.320 e. The summed E-state index contributed by atoms with van der Waals surface area (Å²) in [5.41, 5.74) is 5.00. The Hall–Kier alpha value is -0.410. The molecule has 0 aromatic rings. The maximum Gasteiger partial charge on any atom is 0.170 e. The second-order valence-electron chi connectivity index (χ2n) is 4.31. The van der Waals surface area contributed by atoms with Crippen LogP contribution in [0.25, 0.3) is 0 Å². The quantitative estimate of drug-likeness (QED) is 0.521. The SMILES string of the molecule is CC1(C)NC(C)(C)C(N)C1=O. The zero-order valence-corrected chi connectivity index (χ0v) is 7.56. The van der Waals surface area contributed by atoms with Crippen LogP contribution in [0.5, 0.6) is 0 Å². The summed E-state index contributed by atoms with van der Waals surface area (Å²) in [6, 6.07) is -0.377. The molecular formula is C8H16N2O. The molecule has 0 bridgehead atoms.